The van der Waals surface area contributed by atoms with Crippen molar-refractivity contribution in [3.05, 3.63) is 107 Å². The fourth-order valence-corrected chi connectivity index (χ4v) is 13.6. The average molecular weight is 1480 g/mol. The van der Waals surface area contributed by atoms with E-state index in [1.807, 2.05) is 24.3 Å². The van der Waals surface area contributed by atoms with Crippen LogP contribution in [0.1, 0.15) is 403 Å². The molecule has 0 aliphatic heterocycles. The van der Waals surface area contributed by atoms with Crippen LogP contribution in [0.5, 0.6) is 0 Å². The first-order valence-corrected chi connectivity index (χ1v) is 42.9. The van der Waals surface area contributed by atoms with E-state index in [-0.39, 0.29) is 75.3 Å². The van der Waals surface area contributed by atoms with Crippen LogP contribution < -0.4 is 0 Å². The largest absolute Gasteiger partial charge is 2.00 e. The van der Waals surface area contributed by atoms with Gasteiger partial charge in [0.2, 0.25) is 0 Å². The summed E-state index contributed by atoms with van der Waals surface area (Å²) >= 11 is 0. The van der Waals surface area contributed by atoms with E-state index >= 15 is 0 Å². The van der Waals surface area contributed by atoms with Gasteiger partial charge in [0.25, 0.3) is 0 Å². The number of allylic oxidation sites excluding steroid dienone is 4. The van der Waals surface area contributed by atoms with E-state index in [4.69, 9.17) is 18.9 Å². The van der Waals surface area contributed by atoms with Crippen LogP contribution in [0.2, 0.25) is 0 Å². The van der Waals surface area contributed by atoms with E-state index in [0.717, 1.165) is 89.2 Å². The van der Waals surface area contributed by atoms with Crippen LogP contribution in [-0.4, -0.2) is 114 Å². The molecule has 14 nitrogen and oxygen atoms in total. The Morgan fingerprint density at radius 3 is 0.644 bits per heavy atom. The Kier molecular flexibility index (Phi) is 66.9. The van der Waals surface area contributed by atoms with E-state index in [2.05, 4.69) is 27.7 Å². The molecule has 0 N–H and O–H groups in total. The van der Waals surface area contributed by atoms with E-state index in [1.165, 1.54) is 281 Å². The fraction of sp³-hybridized carbons (Fsp3) is 0.714. The third kappa shape index (κ3) is 55.5. The number of carbonyl (C=O) groups is 4. The van der Waals surface area contributed by atoms with Gasteiger partial charge in [-0.25, -0.2) is 36.0 Å². The summed E-state index contributed by atoms with van der Waals surface area (Å²) in [5.74, 6) is -3.88. The van der Waals surface area contributed by atoms with Crippen molar-refractivity contribution in [2.75, 3.05) is 26.4 Å². The van der Waals surface area contributed by atoms with Crippen molar-refractivity contribution in [3.8, 4) is 0 Å². The quantitative estimate of drug-likeness (QED) is 0.0150. The van der Waals surface area contributed by atoms with Gasteiger partial charge in [0.1, 0.15) is 46.7 Å². The molecule has 101 heavy (non-hydrogen) atoms. The molecule has 2 rings (SSSR count). The Hall–Kier alpha value is -3.64. The van der Waals surface area contributed by atoms with Crippen molar-refractivity contribution in [3.63, 3.8) is 0 Å². The molecule has 0 aromatic heterocycles. The maximum absolute atomic E-state index is 12.9. The van der Waals surface area contributed by atoms with Crippen molar-refractivity contribution >= 4 is 81.9 Å². The van der Waals surface area contributed by atoms with Gasteiger partial charge in [-0.1, -0.05) is 371 Å². The molecule has 2 aromatic carbocycles. The van der Waals surface area contributed by atoms with Crippen LogP contribution in [0.4, 0.5) is 0 Å². The molecule has 0 heterocycles. The van der Waals surface area contributed by atoms with Gasteiger partial charge in [-0.05, 0) is 75.6 Å². The van der Waals surface area contributed by atoms with Gasteiger partial charge in [-0.2, -0.15) is 0 Å². The summed E-state index contributed by atoms with van der Waals surface area (Å²) < 4.78 is 92.7. The zero-order valence-electron chi connectivity index (χ0n) is 63.9. The second-order valence-corrected chi connectivity index (χ2v) is 30.0. The van der Waals surface area contributed by atoms with Crippen LogP contribution in [0.25, 0.3) is 0 Å². The minimum Gasteiger partial charge on any atom is -0.744 e. The van der Waals surface area contributed by atoms with Gasteiger partial charge >= 0.3 is 61.6 Å². The molecule has 0 unspecified atom stereocenters. The Bertz CT molecular complexity index is 2540. The summed E-state index contributed by atoms with van der Waals surface area (Å²) in [6, 6.07) is 7.05. The number of hydrogen-bond donors (Lipinski definition) is 0. The summed E-state index contributed by atoms with van der Waals surface area (Å²) in [4.78, 5) is 50.0. The molecule has 17 heteroatoms. The molecule has 0 saturated heterocycles. The van der Waals surface area contributed by atoms with E-state index in [1.54, 1.807) is 24.3 Å². The summed E-state index contributed by atoms with van der Waals surface area (Å²) in [6.45, 7) is 8.74. The minimum absolute atomic E-state index is 0. The van der Waals surface area contributed by atoms with Crippen molar-refractivity contribution in [1.29, 1.82) is 0 Å². The first-order chi connectivity index (χ1) is 48.6. The van der Waals surface area contributed by atoms with Gasteiger partial charge in [0, 0.05) is 0 Å². The molecule has 2 aromatic rings. The molecular formula is C84H138CaO14S2. The first-order valence-electron chi connectivity index (χ1n) is 40.1. The summed E-state index contributed by atoms with van der Waals surface area (Å²) in [6.07, 6.45) is 79.8. The van der Waals surface area contributed by atoms with Gasteiger partial charge in [0.05, 0.1) is 32.0 Å². The number of benzene rings is 2. The number of rotatable bonds is 66. The number of esters is 4. The number of unbranched alkanes of at least 4 members (excludes halogenated alkanes) is 48. The molecule has 0 bridgehead atoms. The Balaban J connectivity index is 0.00000196. The topological polar surface area (TPSA) is 220 Å². The third-order valence-electron chi connectivity index (χ3n) is 18.2. The van der Waals surface area contributed by atoms with E-state index in [9.17, 15) is 45.1 Å². The van der Waals surface area contributed by atoms with Gasteiger partial charge in [-0.3, -0.25) is 0 Å². The van der Waals surface area contributed by atoms with Gasteiger partial charge in [-0.15, -0.1) is 0 Å². The molecule has 0 spiro atoms. The molecule has 0 radical (unpaired) electrons. The van der Waals surface area contributed by atoms with Gasteiger partial charge in [0.15, 0.2) is 0 Å². The second kappa shape index (κ2) is 69.4. The van der Waals surface area contributed by atoms with E-state index in [0.29, 0.717) is 0 Å². The molecule has 0 aliphatic carbocycles. The van der Waals surface area contributed by atoms with Gasteiger partial charge < -0.3 is 28.1 Å². The van der Waals surface area contributed by atoms with Crippen molar-refractivity contribution < 1.29 is 64.1 Å². The molecule has 0 atom stereocenters. The van der Waals surface area contributed by atoms with Crippen molar-refractivity contribution in [1.82, 2.24) is 0 Å². The van der Waals surface area contributed by atoms with Crippen LogP contribution in [-0.2, 0) is 39.2 Å². The molecule has 0 fully saturated rings. The Morgan fingerprint density at radius 2 is 0.455 bits per heavy atom. The molecule has 572 valence electrons. The third-order valence-corrected chi connectivity index (χ3v) is 20.0. The summed E-state index contributed by atoms with van der Waals surface area (Å²) in [5, 5.41) is 0. The van der Waals surface area contributed by atoms with E-state index < -0.39 is 65.0 Å². The maximum Gasteiger partial charge on any atom is 2.00 e. The van der Waals surface area contributed by atoms with Crippen LogP contribution in [0, 0.1) is 0 Å². The zero-order valence-corrected chi connectivity index (χ0v) is 67.8. The Morgan fingerprint density at radius 1 is 0.277 bits per heavy atom. The summed E-state index contributed by atoms with van der Waals surface area (Å²) in [5.41, 5.74) is -1.77. The predicted molar refractivity (Wildman–Crippen MR) is 415 cm³/mol. The zero-order chi connectivity index (χ0) is 73.1. The minimum atomic E-state index is -5.04. The predicted octanol–water partition coefficient (Wildman–Crippen LogP) is 24.0. The smallest absolute Gasteiger partial charge is 0.744 e. The SMILES string of the molecule is CCCCCCCCCCCCCC/C=C/COC(=O)c1cccc(S(=O)(=O)[O-])c1C(=O)OC/C=C/CCCCCCCCCCCCCC.CCCCCCCCCCCCCC/C=C/COC(=O)c1cccc(S(=O)(=O)[O-])c1C(=O)OC/C=C/CCCCCCCCCCCCCC.[Ca+2]. The number of ether oxygens (including phenoxy) is 4. The monoisotopic (exact) mass is 1470 g/mol. The standard InChI is InChI=1S/2C42H70O7S.Ca/c2*1-3-5-7-9-11-13-15-17-19-21-23-25-27-29-31-36-48-41(43)38-34-33-35-39(50(45,46)47)40(38)42(44)49-37-32-30-28-26-24-22-20-18-16-14-12-10-8-6-4-2;/h2*29-35H,3-28,36-37H2,1-2H3,(H,45,46,47);/q;;+2/p-2/b2*31-29+,32-30+;. The molecule has 0 amide bonds. The second-order valence-electron chi connectivity index (χ2n) is 27.3. The molecular weight excluding hydrogens is 1340 g/mol. The fourth-order valence-electron chi connectivity index (χ4n) is 12.2. The summed E-state index contributed by atoms with van der Waals surface area (Å²) in [7, 11) is -10.1. The maximum atomic E-state index is 12.9. The van der Waals surface area contributed by atoms with Crippen LogP contribution >= 0.6 is 0 Å². The Labute approximate surface area is 645 Å². The molecule has 0 saturated carbocycles. The van der Waals surface area contributed by atoms with Crippen LogP contribution in [0.3, 0.4) is 0 Å². The number of carbonyl (C=O) groups excluding carboxylic acids is 4. The van der Waals surface area contributed by atoms with Crippen molar-refractivity contribution in [2.24, 2.45) is 0 Å². The normalized spacial score (nSPS) is 11.8. The number of hydrogen-bond acceptors (Lipinski definition) is 14. The molecule has 0 aliphatic rings. The average Bonchev–Trinajstić information content (AvgIpc) is 0.800. The first kappa shape index (κ1) is 97.4. The van der Waals surface area contributed by atoms with Crippen LogP contribution in [0.15, 0.2) is 94.8 Å². The van der Waals surface area contributed by atoms with Crippen molar-refractivity contribution in [2.45, 2.75) is 371 Å².